The summed E-state index contributed by atoms with van der Waals surface area (Å²) in [5.41, 5.74) is 8.65. The van der Waals surface area contributed by atoms with Crippen LogP contribution < -0.4 is 5.73 Å². The molecule has 2 rings (SSSR count). The van der Waals surface area contributed by atoms with Crippen molar-refractivity contribution in [2.75, 3.05) is 0 Å². The van der Waals surface area contributed by atoms with Crippen LogP contribution in [-0.4, -0.2) is 11.0 Å². The molecule has 2 aromatic rings. The molecule has 0 amide bonds. The maximum atomic E-state index is 6.09. The zero-order valence-corrected chi connectivity index (χ0v) is 13.3. The molecule has 106 valence electrons. The first-order chi connectivity index (χ1) is 9.58. The Morgan fingerprint density at radius 2 is 2.10 bits per heavy atom. The van der Waals surface area contributed by atoms with Gasteiger partial charge in [0.15, 0.2) is 0 Å². The van der Waals surface area contributed by atoms with Gasteiger partial charge in [0, 0.05) is 17.1 Å². The number of pyridine rings is 1. The molecule has 0 bridgehead atoms. The second-order valence-corrected chi connectivity index (χ2v) is 6.40. The standard InChI is InChI=1S/C16H19ClN2S/c1-3-14(18)9-12-8-11(2)4-6-15(12)20-16-7-5-13(17)10-19-16/h4-8,10,14H,3,9,18H2,1-2H3. The Balaban J connectivity index is 2.23. The van der Waals surface area contributed by atoms with Crippen LogP contribution in [0, 0.1) is 6.92 Å². The number of benzene rings is 1. The van der Waals surface area contributed by atoms with Gasteiger partial charge in [-0.2, -0.15) is 0 Å². The Kier molecular flexibility index (Phi) is 5.46. The number of hydrogen-bond acceptors (Lipinski definition) is 3. The van der Waals surface area contributed by atoms with Crippen LogP contribution in [0.1, 0.15) is 24.5 Å². The second-order valence-electron chi connectivity index (χ2n) is 4.90. The Labute approximate surface area is 129 Å². The third kappa shape index (κ3) is 4.23. The van der Waals surface area contributed by atoms with Crippen molar-refractivity contribution in [3.8, 4) is 0 Å². The number of aromatic nitrogens is 1. The van der Waals surface area contributed by atoms with E-state index >= 15 is 0 Å². The molecule has 1 aromatic carbocycles. The van der Waals surface area contributed by atoms with E-state index in [0.29, 0.717) is 5.02 Å². The predicted molar refractivity (Wildman–Crippen MR) is 86.5 cm³/mol. The number of hydrogen-bond donors (Lipinski definition) is 1. The smallest absolute Gasteiger partial charge is 0.101 e. The molecule has 2 nitrogen and oxygen atoms in total. The Morgan fingerprint density at radius 1 is 1.30 bits per heavy atom. The second kappa shape index (κ2) is 7.11. The van der Waals surface area contributed by atoms with Gasteiger partial charge in [-0.05, 0) is 43.5 Å². The molecule has 0 fully saturated rings. The van der Waals surface area contributed by atoms with Crippen LogP contribution in [0.2, 0.25) is 5.02 Å². The number of halogens is 1. The van der Waals surface area contributed by atoms with Crippen LogP contribution in [0.15, 0.2) is 46.5 Å². The van der Waals surface area contributed by atoms with Crippen LogP contribution >= 0.6 is 23.4 Å². The summed E-state index contributed by atoms with van der Waals surface area (Å²) in [6.45, 7) is 4.23. The number of nitrogens with two attached hydrogens (primary N) is 1. The Hall–Kier alpha value is -1.03. The first-order valence-corrected chi connectivity index (χ1v) is 7.92. The molecule has 4 heteroatoms. The van der Waals surface area contributed by atoms with Gasteiger partial charge in [0.05, 0.1) is 5.02 Å². The van der Waals surface area contributed by atoms with Crippen LogP contribution in [0.5, 0.6) is 0 Å². The quantitative estimate of drug-likeness (QED) is 0.885. The lowest BCUT2D eigenvalue weighted by Crippen LogP contribution is -2.21. The molecule has 20 heavy (non-hydrogen) atoms. The van der Waals surface area contributed by atoms with E-state index in [1.165, 1.54) is 16.0 Å². The Morgan fingerprint density at radius 3 is 2.75 bits per heavy atom. The van der Waals surface area contributed by atoms with E-state index in [-0.39, 0.29) is 6.04 Å². The van der Waals surface area contributed by atoms with Crippen molar-refractivity contribution in [3.05, 3.63) is 52.7 Å². The van der Waals surface area contributed by atoms with Crippen molar-refractivity contribution in [2.24, 2.45) is 5.73 Å². The molecular formula is C16H19ClN2S. The first-order valence-electron chi connectivity index (χ1n) is 6.73. The van der Waals surface area contributed by atoms with Crippen molar-refractivity contribution in [1.82, 2.24) is 4.98 Å². The van der Waals surface area contributed by atoms with Gasteiger partial charge in [0.25, 0.3) is 0 Å². The monoisotopic (exact) mass is 306 g/mol. The molecule has 0 aliphatic heterocycles. The third-order valence-corrected chi connectivity index (χ3v) is 4.43. The maximum absolute atomic E-state index is 6.09. The summed E-state index contributed by atoms with van der Waals surface area (Å²) in [6, 6.07) is 10.5. The van der Waals surface area contributed by atoms with Crippen molar-refractivity contribution >= 4 is 23.4 Å². The minimum Gasteiger partial charge on any atom is -0.327 e. The maximum Gasteiger partial charge on any atom is 0.101 e. The minimum absolute atomic E-state index is 0.203. The minimum atomic E-state index is 0.203. The fourth-order valence-electron chi connectivity index (χ4n) is 1.93. The SMILES string of the molecule is CCC(N)Cc1cc(C)ccc1Sc1ccc(Cl)cn1. The summed E-state index contributed by atoms with van der Waals surface area (Å²) in [5.74, 6) is 0. The van der Waals surface area contributed by atoms with E-state index in [9.17, 15) is 0 Å². The fraction of sp³-hybridized carbons (Fsp3) is 0.312. The highest BCUT2D eigenvalue weighted by Gasteiger charge is 2.09. The molecule has 1 unspecified atom stereocenters. The van der Waals surface area contributed by atoms with Crippen molar-refractivity contribution in [3.63, 3.8) is 0 Å². The average Bonchev–Trinajstić information content (AvgIpc) is 2.44. The third-order valence-electron chi connectivity index (χ3n) is 3.14. The van der Waals surface area contributed by atoms with Crippen molar-refractivity contribution < 1.29 is 0 Å². The van der Waals surface area contributed by atoms with E-state index in [4.69, 9.17) is 17.3 Å². The van der Waals surface area contributed by atoms with E-state index in [1.54, 1.807) is 18.0 Å². The highest BCUT2D eigenvalue weighted by atomic mass is 35.5. The number of nitrogens with zero attached hydrogens (tertiary/aromatic N) is 1. The number of rotatable bonds is 5. The molecule has 0 radical (unpaired) electrons. The van der Waals surface area contributed by atoms with Gasteiger partial charge in [0.1, 0.15) is 5.03 Å². The highest BCUT2D eigenvalue weighted by Crippen LogP contribution is 2.31. The van der Waals surface area contributed by atoms with Gasteiger partial charge < -0.3 is 5.73 Å². The molecule has 0 saturated carbocycles. The lowest BCUT2D eigenvalue weighted by Gasteiger charge is -2.13. The van der Waals surface area contributed by atoms with E-state index in [0.717, 1.165) is 17.9 Å². The molecule has 0 aliphatic carbocycles. The van der Waals surface area contributed by atoms with Gasteiger partial charge in [-0.25, -0.2) is 4.98 Å². The largest absolute Gasteiger partial charge is 0.327 e. The summed E-state index contributed by atoms with van der Waals surface area (Å²) >= 11 is 7.52. The summed E-state index contributed by atoms with van der Waals surface area (Å²) in [6.07, 6.45) is 3.56. The van der Waals surface area contributed by atoms with Crippen molar-refractivity contribution in [2.45, 2.75) is 42.7 Å². The van der Waals surface area contributed by atoms with Crippen LogP contribution in [-0.2, 0) is 6.42 Å². The number of aryl methyl sites for hydroxylation is 1. The molecular weight excluding hydrogens is 288 g/mol. The molecule has 1 heterocycles. The van der Waals surface area contributed by atoms with Gasteiger partial charge >= 0.3 is 0 Å². The lowest BCUT2D eigenvalue weighted by atomic mass is 10.0. The lowest BCUT2D eigenvalue weighted by molar-refractivity contribution is 0.641. The fourth-order valence-corrected chi connectivity index (χ4v) is 2.92. The van der Waals surface area contributed by atoms with Gasteiger partial charge in [-0.15, -0.1) is 0 Å². The normalized spacial score (nSPS) is 12.4. The van der Waals surface area contributed by atoms with Crippen LogP contribution in [0.3, 0.4) is 0 Å². The summed E-state index contributed by atoms with van der Waals surface area (Å²) in [7, 11) is 0. The van der Waals surface area contributed by atoms with Crippen LogP contribution in [0.4, 0.5) is 0 Å². The first kappa shape index (κ1) is 15.4. The molecule has 0 spiro atoms. The van der Waals surface area contributed by atoms with Gasteiger partial charge in [-0.3, -0.25) is 0 Å². The summed E-state index contributed by atoms with van der Waals surface area (Å²) in [4.78, 5) is 5.55. The highest BCUT2D eigenvalue weighted by molar-refractivity contribution is 7.99. The van der Waals surface area contributed by atoms with E-state index in [1.807, 2.05) is 12.1 Å². The zero-order chi connectivity index (χ0) is 14.5. The van der Waals surface area contributed by atoms with Gasteiger partial charge in [-0.1, -0.05) is 48.0 Å². The Bertz CT molecular complexity index is 569. The van der Waals surface area contributed by atoms with E-state index in [2.05, 4.69) is 37.0 Å². The zero-order valence-electron chi connectivity index (χ0n) is 11.8. The average molecular weight is 307 g/mol. The van der Waals surface area contributed by atoms with Gasteiger partial charge in [0.2, 0.25) is 0 Å². The molecule has 0 aliphatic rings. The van der Waals surface area contributed by atoms with E-state index < -0.39 is 0 Å². The van der Waals surface area contributed by atoms with Crippen LogP contribution in [0.25, 0.3) is 0 Å². The predicted octanol–water partition coefficient (Wildman–Crippen LogP) is 4.47. The molecule has 1 aromatic heterocycles. The molecule has 0 saturated heterocycles. The molecule has 1 atom stereocenters. The topological polar surface area (TPSA) is 38.9 Å². The summed E-state index contributed by atoms with van der Waals surface area (Å²) in [5, 5.41) is 1.61. The van der Waals surface area contributed by atoms with Crippen molar-refractivity contribution in [1.29, 1.82) is 0 Å². The molecule has 2 N–H and O–H groups in total. The summed E-state index contributed by atoms with van der Waals surface area (Å²) < 4.78 is 0.